The van der Waals surface area contributed by atoms with Gasteiger partial charge >= 0.3 is 0 Å². The molecule has 1 atom stereocenters. The van der Waals surface area contributed by atoms with Crippen LogP contribution in [0.5, 0.6) is 0 Å². The van der Waals surface area contributed by atoms with Gasteiger partial charge in [0.1, 0.15) is 5.82 Å². The lowest BCUT2D eigenvalue weighted by molar-refractivity contribution is 0.565. The summed E-state index contributed by atoms with van der Waals surface area (Å²) in [6, 6.07) is 12.0. The van der Waals surface area contributed by atoms with Crippen molar-refractivity contribution in [2.24, 2.45) is 0 Å². The molecule has 0 aliphatic heterocycles. The van der Waals surface area contributed by atoms with E-state index in [9.17, 15) is 4.39 Å². The summed E-state index contributed by atoms with van der Waals surface area (Å²) in [5.41, 5.74) is 2.31. The molecular formula is C16H13Cl2FN2. The van der Waals surface area contributed by atoms with E-state index in [1.807, 2.05) is 19.1 Å². The second kappa shape index (κ2) is 6.91. The molecule has 0 aromatic heterocycles. The normalized spacial score (nSPS) is 12.0. The zero-order valence-electron chi connectivity index (χ0n) is 11.3. The lowest BCUT2D eigenvalue weighted by atomic mass is 10.1. The predicted molar refractivity (Wildman–Crippen MR) is 82.8 cm³/mol. The number of hydrogen-bond donors (Lipinski definition) is 1. The molecule has 108 valence electrons. The maximum atomic E-state index is 13.5. The third-order valence-electron chi connectivity index (χ3n) is 3.20. The minimum atomic E-state index is -0.483. The van der Waals surface area contributed by atoms with Crippen molar-refractivity contribution in [1.29, 1.82) is 5.26 Å². The minimum absolute atomic E-state index is 0.0167. The Labute approximate surface area is 133 Å². The number of nitrogens with zero attached hydrogens (tertiary/aromatic N) is 1. The van der Waals surface area contributed by atoms with Crippen LogP contribution in [0.1, 0.15) is 29.7 Å². The van der Waals surface area contributed by atoms with Crippen LogP contribution in [0.2, 0.25) is 10.0 Å². The van der Waals surface area contributed by atoms with Crippen LogP contribution in [0.25, 0.3) is 0 Å². The first-order chi connectivity index (χ1) is 10.0. The van der Waals surface area contributed by atoms with Gasteiger partial charge in [0.2, 0.25) is 0 Å². The molecule has 21 heavy (non-hydrogen) atoms. The van der Waals surface area contributed by atoms with Crippen molar-refractivity contribution < 1.29 is 4.39 Å². The Morgan fingerprint density at radius 3 is 2.48 bits per heavy atom. The lowest BCUT2D eigenvalue weighted by Gasteiger charge is -2.16. The van der Waals surface area contributed by atoms with E-state index < -0.39 is 5.82 Å². The summed E-state index contributed by atoms with van der Waals surface area (Å²) in [5, 5.41) is 12.5. The van der Waals surface area contributed by atoms with E-state index in [0.29, 0.717) is 22.7 Å². The fraction of sp³-hybridized carbons (Fsp3) is 0.188. The number of hydrogen-bond acceptors (Lipinski definition) is 2. The van der Waals surface area contributed by atoms with Gasteiger partial charge in [-0.15, -0.1) is 0 Å². The number of nitrogens with one attached hydrogen (secondary N) is 1. The van der Waals surface area contributed by atoms with Crippen molar-refractivity contribution in [3.63, 3.8) is 0 Å². The standard InChI is InChI=1S/C16H13Cl2FN2/c1-10(13-6-16(19)15(18)7-14(13)17)21-9-12-4-2-11(8-20)3-5-12/h2-7,10,21H,9H2,1H3. The molecule has 0 aliphatic carbocycles. The van der Waals surface area contributed by atoms with Crippen LogP contribution >= 0.6 is 23.2 Å². The van der Waals surface area contributed by atoms with E-state index in [1.165, 1.54) is 12.1 Å². The van der Waals surface area contributed by atoms with E-state index in [-0.39, 0.29) is 11.1 Å². The Morgan fingerprint density at radius 1 is 1.19 bits per heavy atom. The molecule has 1 N–H and O–H groups in total. The van der Waals surface area contributed by atoms with Crippen LogP contribution in [0.15, 0.2) is 36.4 Å². The highest BCUT2D eigenvalue weighted by Crippen LogP contribution is 2.28. The van der Waals surface area contributed by atoms with Crippen molar-refractivity contribution in [2.75, 3.05) is 0 Å². The van der Waals surface area contributed by atoms with Crippen molar-refractivity contribution in [3.8, 4) is 6.07 Å². The average Bonchev–Trinajstić information content (AvgIpc) is 2.49. The summed E-state index contributed by atoms with van der Waals surface area (Å²) in [6.07, 6.45) is 0. The Kier molecular flexibility index (Phi) is 5.19. The largest absolute Gasteiger partial charge is 0.306 e. The molecule has 2 aromatic carbocycles. The summed E-state index contributed by atoms with van der Waals surface area (Å²) < 4.78 is 13.5. The van der Waals surface area contributed by atoms with Gasteiger partial charge in [0, 0.05) is 17.6 Å². The van der Waals surface area contributed by atoms with Gasteiger partial charge in [0.25, 0.3) is 0 Å². The van der Waals surface area contributed by atoms with Gasteiger partial charge in [-0.3, -0.25) is 0 Å². The number of benzene rings is 2. The van der Waals surface area contributed by atoms with Crippen LogP contribution in [0.3, 0.4) is 0 Å². The van der Waals surface area contributed by atoms with Crippen molar-refractivity contribution >= 4 is 23.2 Å². The molecule has 0 amide bonds. The monoisotopic (exact) mass is 322 g/mol. The second-order valence-electron chi connectivity index (χ2n) is 4.70. The molecule has 0 saturated heterocycles. The molecule has 0 bridgehead atoms. The summed E-state index contributed by atoms with van der Waals surface area (Å²) in [6.45, 7) is 2.49. The van der Waals surface area contributed by atoms with Crippen LogP contribution in [0.4, 0.5) is 4.39 Å². The van der Waals surface area contributed by atoms with Crippen LogP contribution in [-0.2, 0) is 6.54 Å². The second-order valence-corrected chi connectivity index (χ2v) is 5.51. The maximum Gasteiger partial charge on any atom is 0.142 e. The van der Waals surface area contributed by atoms with Gasteiger partial charge in [-0.25, -0.2) is 4.39 Å². The van der Waals surface area contributed by atoms with E-state index in [2.05, 4.69) is 11.4 Å². The first kappa shape index (κ1) is 15.8. The highest BCUT2D eigenvalue weighted by atomic mass is 35.5. The van der Waals surface area contributed by atoms with Crippen molar-refractivity contribution in [3.05, 3.63) is 69.0 Å². The number of halogens is 3. The highest BCUT2D eigenvalue weighted by molar-refractivity contribution is 6.35. The van der Waals surface area contributed by atoms with Crippen molar-refractivity contribution in [2.45, 2.75) is 19.5 Å². The van der Waals surface area contributed by atoms with Gasteiger partial charge in [-0.2, -0.15) is 5.26 Å². The average molecular weight is 323 g/mol. The SMILES string of the molecule is CC(NCc1ccc(C#N)cc1)c1cc(F)c(Cl)cc1Cl. The highest BCUT2D eigenvalue weighted by Gasteiger charge is 2.13. The molecule has 1 unspecified atom stereocenters. The van der Waals surface area contributed by atoms with E-state index in [4.69, 9.17) is 28.5 Å². The lowest BCUT2D eigenvalue weighted by Crippen LogP contribution is -2.18. The molecule has 2 nitrogen and oxygen atoms in total. The Morgan fingerprint density at radius 2 is 1.86 bits per heavy atom. The minimum Gasteiger partial charge on any atom is -0.306 e. The quantitative estimate of drug-likeness (QED) is 0.816. The van der Waals surface area contributed by atoms with Gasteiger partial charge in [0.15, 0.2) is 0 Å². The number of nitriles is 1. The molecule has 0 saturated carbocycles. The predicted octanol–water partition coefficient (Wildman–Crippen LogP) is 4.85. The zero-order valence-corrected chi connectivity index (χ0v) is 12.8. The van der Waals surface area contributed by atoms with Gasteiger partial charge < -0.3 is 5.32 Å². The van der Waals surface area contributed by atoms with Crippen molar-refractivity contribution in [1.82, 2.24) is 5.32 Å². The first-order valence-corrected chi connectivity index (χ1v) is 7.13. The molecule has 5 heteroatoms. The number of rotatable bonds is 4. The summed E-state index contributed by atoms with van der Waals surface area (Å²) >= 11 is 11.8. The Balaban J connectivity index is 2.06. The van der Waals surface area contributed by atoms with Gasteiger partial charge in [-0.05, 0) is 42.3 Å². The van der Waals surface area contributed by atoms with E-state index >= 15 is 0 Å². The Bertz CT molecular complexity index is 678. The van der Waals surface area contributed by atoms with Crippen LogP contribution < -0.4 is 5.32 Å². The first-order valence-electron chi connectivity index (χ1n) is 6.38. The fourth-order valence-electron chi connectivity index (χ4n) is 1.95. The van der Waals surface area contributed by atoms with Gasteiger partial charge in [-0.1, -0.05) is 35.3 Å². The summed E-state index contributed by atoms with van der Waals surface area (Å²) in [7, 11) is 0. The molecule has 0 heterocycles. The summed E-state index contributed by atoms with van der Waals surface area (Å²) in [5.74, 6) is -0.483. The fourth-order valence-corrected chi connectivity index (χ4v) is 2.49. The smallest absolute Gasteiger partial charge is 0.142 e. The topological polar surface area (TPSA) is 35.8 Å². The molecule has 0 radical (unpaired) electrons. The molecule has 2 aromatic rings. The third-order valence-corrected chi connectivity index (χ3v) is 3.82. The summed E-state index contributed by atoms with van der Waals surface area (Å²) in [4.78, 5) is 0. The molecule has 2 rings (SSSR count). The van der Waals surface area contributed by atoms with Crippen LogP contribution in [0, 0.1) is 17.1 Å². The molecule has 0 fully saturated rings. The zero-order chi connectivity index (χ0) is 15.4. The maximum absolute atomic E-state index is 13.5. The van der Waals surface area contributed by atoms with Gasteiger partial charge in [0.05, 0.1) is 16.7 Å². The van der Waals surface area contributed by atoms with E-state index in [1.54, 1.807) is 12.1 Å². The third kappa shape index (κ3) is 3.95. The molecule has 0 spiro atoms. The Hall–Kier alpha value is -1.60. The van der Waals surface area contributed by atoms with Crippen LogP contribution in [-0.4, -0.2) is 0 Å². The molecular weight excluding hydrogens is 310 g/mol. The molecule has 0 aliphatic rings. The van der Waals surface area contributed by atoms with E-state index in [0.717, 1.165) is 5.56 Å².